The minimum atomic E-state index is 0.211. The summed E-state index contributed by atoms with van der Waals surface area (Å²) >= 11 is 0. The van der Waals surface area contributed by atoms with E-state index in [1.807, 2.05) is 12.1 Å². The van der Waals surface area contributed by atoms with E-state index < -0.39 is 0 Å². The van der Waals surface area contributed by atoms with Crippen molar-refractivity contribution in [3.8, 4) is 6.07 Å². The molecule has 1 saturated carbocycles. The van der Waals surface area contributed by atoms with Crippen molar-refractivity contribution in [2.24, 2.45) is 0 Å². The Balaban J connectivity index is 2.19. The van der Waals surface area contributed by atoms with Crippen LogP contribution in [-0.2, 0) is 0 Å². The first kappa shape index (κ1) is 9.85. The molecule has 1 aromatic carbocycles. The van der Waals surface area contributed by atoms with Gasteiger partial charge in [0.2, 0.25) is 0 Å². The number of nitrogen functional groups attached to an aromatic ring is 1. The molecule has 15 heavy (non-hydrogen) atoms. The highest BCUT2D eigenvalue weighted by Crippen LogP contribution is 2.35. The van der Waals surface area contributed by atoms with Gasteiger partial charge in [-0.05, 0) is 44.4 Å². The lowest BCUT2D eigenvalue weighted by molar-refractivity contribution is 0.306. The summed E-state index contributed by atoms with van der Waals surface area (Å²) < 4.78 is 0. The predicted molar refractivity (Wildman–Crippen MR) is 61.4 cm³/mol. The van der Waals surface area contributed by atoms with E-state index in [1.165, 1.54) is 19.3 Å². The zero-order valence-corrected chi connectivity index (χ0v) is 8.88. The number of anilines is 2. The standard InChI is InChI=1S/C12H15N3/c1-12(5-2-6-12)15-10-3-4-11(14)9(7-10)8-13/h3-4,7,15H,2,5-6,14H2,1H3. The molecule has 1 aliphatic carbocycles. The van der Waals surface area contributed by atoms with Gasteiger partial charge in [0.1, 0.15) is 6.07 Å². The fourth-order valence-corrected chi connectivity index (χ4v) is 1.91. The van der Waals surface area contributed by atoms with Crippen LogP contribution in [0, 0.1) is 11.3 Å². The maximum atomic E-state index is 8.85. The summed E-state index contributed by atoms with van der Waals surface area (Å²) in [5.74, 6) is 0. The third kappa shape index (κ3) is 1.89. The lowest BCUT2D eigenvalue weighted by atomic mass is 9.78. The Morgan fingerprint density at radius 3 is 2.73 bits per heavy atom. The van der Waals surface area contributed by atoms with Crippen molar-refractivity contribution in [3.63, 3.8) is 0 Å². The Morgan fingerprint density at radius 1 is 1.47 bits per heavy atom. The first-order valence-electron chi connectivity index (χ1n) is 5.21. The molecular weight excluding hydrogens is 186 g/mol. The molecule has 78 valence electrons. The summed E-state index contributed by atoms with van der Waals surface area (Å²) in [5.41, 5.74) is 7.95. The lowest BCUT2D eigenvalue weighted by Gasteiger charge is -2.40. The highest BCUT2D eigenvalue weighted by molar-refractivity contribution is 5.62. The normalized spacial score (nSPS) is 17.6. The van der Waals surface area contributed by atoms with Crippen molar-refractivity contribution < 1.29 is 0 Å². The third-order valence-electron chi connectivity index (χ3n) is 3.08. The first-order valence-corrected chi connectivity index (χ1v) is 5.21. The van der Waals surface area contributed by atoms with Crippen molar-refractivity contribution in [1.29, 1.82) is 5.26 Å². The minimum absolute atomic E-state index is 0.211. The fraction of sp³-hybridized carbons (Fsp3) is 0.417. The average molecular weight is 201 g/mol. The highest BCUT2D eigenvalue weighted by Gasteiger charge is 2.31. The molecule has 3 nitrogen and oxygen atoms in total. The summed E-state index contributed by atoms with van der Waals surface area (Å²) in [6.45, 7) is 2.21. The van der Waals surface area contributed by atoms with E-state index in [0.29, 0.717) is 11.3 Å². The second-order valence-corrected chi connectivity index (χ2v) is 4.45. The zero-order chi connectivity index (χ0) is 10.9. The number of nitriles is 1. The minimum Gasteiger partial charge on any atom is -0.398 e. The largest absolute Gasteiger partial charge is 0.398 e. The molecule has 1 aromatic rings. The van der Waals surface area contributed by atoms with Crippen LogP contribution >= 0.6 is 0 Å². The number of hydrogen-bond acceptors (Lipinski definition) is 3. The van der Waals surface area contributed by atoms with Gasteiger partial charge in [-0.15, -0.1) is 0 Å². The molecule has 3 N–H and O–H groups in total. The van der Waals surface area contributed by atoms with Gasteiger partial charge in [-0.3, -0.25) is 0 Å². The van der Waals surface area contributed by atoms with Gasteiger partial charge in [-0.25, -0.2) is 0 Å². The van der Waals surface area contributed by atoms with Gasteiger partial charge in [0.25, 0.3) is 0 Å². The van der Waals surface area contributed by atoms with Crippen LogP contribution in [0.5, 0.6) is 0 Å². The topological polar surface area (TPSA) is 61.8 Å². The van der Waals surface area contributed by atoms with Gasteiger partial charge in [-0.2, -0.15) is 5.26 Å². The Kier molecular flexibility index (Phi) is 2.28. The number of rotatable bonds is 2. The molecule has 1 aliphatic rings. The molecule has 0 atom stereocenters. The van der Waals surface area contributed by atoms with Gasteiger partial charge in [0.15, 0.2) is 0 Å². The van der Waals surface area contributed by atoms with Gasteiger partial charge >= 0.3 is 0 Å². The lowest BCUT2D eigenvalue weighted by Crippen LogP contribution is -2.41. The van der Waals surface area contributed by atoms with Crippen molar-refractivity contribution >= 4 is 11.4 Å². The Bertz CT molecular complexity index is 413. The number of nitrogens with one attached hydrogen (secondary N) is 1. The van der Waals surface area contributed by atoms with Crippen LogP contribution in [0.3, 0.4) is 0 Å². The molecule has 0 aliphatic heterocycles. The van der Waals surface area contributed by atoms with E-state index in [0.717, 1.165) is 5.69 Å². The summed E-state index contributed by atoms with van der Waals surface area (Å²) in [6, 6.07) is 7.62. The molecule has 2 rings (SSSR count). The maximum absolute atomic E-state index is 8.85. The summed E-state index contributed by atoms with van der Waals surface area (Å²) in [4.78, 5) is 0. The van der Waals surface area contributed by atoms with Crippen LogP contribution in [0.15, 0.2) is 18.2 Å². The fourth-order valence-electron chi connectivity index (χ4n) is 1.91. The van der Waals surface area contributed by atoms with Crippen LogP contribution in [0.25, 0.3) is 0 Å². The highest BCUT2D eigenvalue weighted by atomic mass is 15.0. The summed E-state index contributed by atoms with van der Waals surface area (Å²) in [7, 11) is 0. The van der Waals surface area contributed by atoms with Crippen LogP contribution in [0.4, 0.5) is 11.4 Å². The van der Waals surface area contributed by atoms with Crippen molar-refractivity contribution in [2.45, 2.75) is 31.7 Å². The zero-order valence-electron chi connectivity index (χ0n) is 8.88. The molecular formula is C12H15N3. The number of nitrogens with two attached hydrogens (primary N) is 1. The Morgan fingerprint density at radius 2 is 2.20 bits per heavy atom. The molecule has 0 spiro atoms. The number of hydrogen-bond donors (Lipinski definition) is 2. The smallest absolute Gasteiger partial charge is 0.101 e. The third-order valence-corrected chi connectivity index (χ3v) is 3.08. The summed E-state index contributed by atoms with van der Waals surface area (Å²) in [5, 5.41) is 12.3. The molecule has 0 saturated heterocycles. The van der Waals surface area contributed by atoms with Crippen molar-refractivity contribution in [2.75, 3.05) is 11.1 Å². The van der Waals surface area contributed by atoms with Gasteiger partial charge < -0.3 is 11.1 Å². The number of nitrogens with zero attached hydrogens (tertiary/aromatic N) is 1. The van der Waals surface area contributed by atoms with E-state index in [-0.39, 0.29) is 5.54 Å². The van der Waals surface area contributed by atoms with E-state index in [9.17, 15) is 0 Å². The van der Waals surface area contributed by atoms with Gasteiger partial charge in [0.05, 0.1) is 5.56 Å². The Labute approximate surface area is 89.9 Å². The molecule has 3 heteroatoms. The van der Waals surface area contributed by atoms with Gasteiger partial charge in [-0.1, -0.05) is 0 Å². The van der Waals surface area contributed by atoms with Gasteiger partial charge in [0, 0.05) is 16.9 Å². The molecule has 1 fully saturated rings. The number of benzene rings is 1. The second kappa shape index (κ2) is 3.47. The second-order valence-electron chi connectivity index (χ2n) is 4.45. The molecule has 0 aromatic heterocycles. The average Bonchev–Trinajstić information content (AvgIpc) is 2.18. The first-order chi connectivity index (χ1) is 7.13. The van der Waals surface area contributed by atoms with E-state index in [4.69, 9.17) is 11.0 Å². The van der Waals surface area contributed by atoms with Crippen LogP contribution in [0.1, 0.15) is 31.7 Å². The maximum Gasteiger partial charge on any atom is 0.101 e. The molecule has 0 heterocycles. The van der Waals surface area contributed by atoms with E-state index in [1.54, 1.807) is 6.07 Å². The van der Waals surface area contributed by atoms with Crippen molar-refractivity contribution in [3.05, 3.63) is 23.8 Å². The quantitative estimate of drug-likeness (QED) is 0.722. The molecule has 0 amide bonds. The van der Waals surface area contributed by atoms with E-state index >= 15 is 0 Å². The Hall–Kier alpha value is -1.69. The van der Waals surface area contributed by atoms with Crippen LogP contribution in [-0.4, -0.2) is 5.54 Å². The van der Waals surface area contributed by atoms with Crippen LogP contribution in [0.2, 0.25) is 0 Å². The van der Waals surface area contributed by atoms with Crippen LogP contribution < -0.4 is 11.1 Å². The molecule has 0 bridgehead atoms. The SMILES string of the molecule is CC1(Nc2ccc(N)c(C#N)c2)CCC1. The van der Waals surface area contributed by atoms with E-state index in [2.05, 4.69) is 18.3 Å². The predicted octanol–water partition coefficient (Wildman–Crippen LogP) is 2.49. The molecule has 0 radical (unpaired) electrons. The summed E-state index contributed by atoms with van der Waals surface area (Å²) in [6.07, 6.45) is 3.67. The monoisotopic (exact) mass is 201 g/mol. The molecule has 0 unspecified atom stereocenters. The van der Waals surface area contributed by atoms with Crippen molar-refractivity contribution in [1.82, 2.24) is 0 Å².